The van der Waals surface area contributed by atoms with Gasteiger partial charge in [-0.25, -0.2) is 4.39 Å². The second kappa shape index (κ2) is 9.30. The van der Waals surface area contributed by atoms with E-state index in [0.29, 0.717) is 38.9 Å². The highest BCUT2D eigenvalue weighted by Crippen LogP contribution is 2.26. The standard InChI is InChI=1S/C22H25FN4O4/c23-15-5-3-14(4-6-15)11-24-20(28)8-7-17-12-25-21(29)18-10-16(13-27(17)18)26-22(30)19-2-1-9-31-19/h1-6,9,16-18H,7-8,10-13H2,(H,24,28)(H,25,29)(H,26,30)/t16-,17-,18+/m1/s1. The molecule has 3 heterocycles. The number of nitrogens with zero attached hydrogens (tertiary/aromatic N) is 1. The molecule has 1 aromatic heterocycles. The Morgan fingerprint density at radius 1 is 1.23 bits per heavy atom. The van der Waals surface area contributed by atoms with Gasteiger partial charge in [0.15, 0.2) is 5.76 Å². The van der Waals surface area contributed by atoms with Crippen molar-refractivity contribution in [3.8, 4) is 0 Å². The smallest absolute Gasteiger partial charge is 0.287 e. The van der Waals surface area contributed by atoms with Crippen LogP contribution in [0.15, 0.2) is 47.1 Å². The van der Waals surface area contributed by atoms with Gasteiger partial charge >= 0.3 is 0 Å². The Bertz CT molecular complexity index is 931. The van der Waals surface area contributed by atoms with Crippen molar-refractivity contribution < 1.29 is 23.2 Å². The Hall–Kier alpha value is -3.20. The molecular weight excluding hydrogens is 403 g/mol. The normalized spacial score (nSPS) is 23.1. The van der Waals surface area contributed by atoms with Crippen LogP contribution in [-0.4, -0.2) is 53.8 Å². The van der Waals surface area contributed by atoms with Gasteiger partial charge in [-0.2, -0.15) is 0 Å². The summed E-state index contributed by atoms with van der Waals surface area (Å²) in [6, 6.07) is 8.78. The van der Waals surface area contributed by atoms with Gasteiger partial charge in [-0.05, 0) is 42.7 Å². The lowest BCUT2D eigenvalue weighted by atomic mass is 10.0. The highest BCUT2D eigenvalue weighted by molar-refractivity contribution is 5.91. The van der Waals surface area contributed by atoms with Crippen molar-refractivity contribution in [3.63, 3.8) is 0 Å². The maximum atomic E-state index is 13.0. The largest absolute Gasteiger partial charge is 0.459 e. The number of hydrogen-bond acceptors (Lipinski definition) is 5. The maximum Gasteiger partial charge on any atom is 0.287 e. The molecule has 164 valence electrons. The summed E-state index contributed by atoms with van der Waals surface area (Å²) in [5, 5.41) is 8.68. The van der Waals surface area contributed by atoms with Crippen molar-refractivity contribution in [3.05, 3.63) is 59.8 Å². The molecule has 0 spiro atoms. The van der Waals surface area contributed by atoms with Gasteiger partial charge in [0.25, 0.3) is 5.91 Å². The third kappa shape index (κ3) is 5.11. The number of benzene rings is 1. The number of carbonyl (C=O) groups is 3. The molecule has 0 saturated carbocycles. The number of furan rings is 1. The maximum absolute atomic E-state index is 13.0. The van der Waals surface area contributed by atoms with Crippen LogP contribution < -0.4 is 16.0 Å². The zero-order valence-electron chi connectivity index (χ0n) is 17.0. The number of piperazine rings is 1. The molecule has 2 fully saturated rings. The highest BCUT2D eigenvalue weighted by atomic mass is 19.1. The molecule has 3 amide bonds. The van der Waals surface area contributed by atoms with E-state index in [0.717, 1.165) is 5.56 Å². The predicted molar refractivity (Wildman–Crippen MR) is 109 cm³/mol. The molecule has 2 aliphatic rings. The summed E-state index contributed by atoms with van der Waals surface area (Å²) >= 11 is 0. The Balaban J connectivity index is 1.27. The van der Waals surface area contributed by atoms with Gasteiger partial charge in [0.1, 0.15) is 5.82 Å². The summed E-state index contributed by atoms with van der Waals surface area (Å²) in [5.41, 5.74) is 0.828. The van der Waals surface area contributed by atoms with Crippen LogP contribution in [-0.2, 0) is 16.1 Å². The van der Waals surface area contributed by atoms with E-state index in [9.17, 15) is 18.8 Å². The number of nitrogens with one attached hydrogen (secondary N) is 3. The molecule has 2 aliphatic heterocycles. The molecule has 1 aromatic carbocycles. The Kier molecular flexibility index (Phi) is 6.31. The fraction of sp³-hybridized carbons (Fsp3) is 0.409. The first-order chi connectivity index (χ1) is 15.0. The lowest BCUT2D eigenvalue weighted by Crippen LogP contribution is -2.58. The van der Waals surface area contributed by atoms with Gasteiger partial charge in [-0.3, -0.25) is 19.3 Å². The van der Waals surface area contributed by atoms with Crippen LogP contribution in [0.1, 0.15) is 35.4 Å². The van der Waals surface area contributed by atoms with Crippen LogP contribution >= 0.6 is 0 Å². The van der Waals surface area contributed by atoms with Crippen LogP contribution in [0.3, 0.4) is 0 Å². The van der Waals surface area contributed by atoms with E-state index in [1.807, 2.05) is 0 Å². The fourth-order valence-electron chi connectivity index (χ4n) is 4.20. The van der Waals surface area contributed by atoms with Gasteiger partial charge in [-0.15, -0.1) is 0 Å². The van der Waals surface area contributed by atoms with Crippen LogP contribution in [0, 0.1) is 5.82 Å². The van der Waals surface area contributed by atoms with Crippen molar-refractivity contribution >= 4 is 17.7 Å². The summed E-state index contributed by atoms with van der Waals surface area (Å²) < 4.78 is 18.1. The second-order valence-corrected chi connectivity index (χ2v) is 7.94. The first kappa shape index (κ1) is 21.0. The molecular formula is C22H25FN4O4. The highest BCUT2D eigenvalue weighted by Gasteiger charge is 2.43. The molecule has 2 saturated heterocycles. The zero-order chi connectivity index (χ0) is 21.8. The first-order valence-electron chi connectivity index (χ1n) is 10.4. The third-order valence-electron chi connectivity index (χ3n) is 5.81. The van der Waals surface area contributed by atoms with E-state index in [2.05, 4.69) is 20.9 Å². The van der Waals surface area contributed by atoms with E-state index in [1.54, 1.807) is 24.3 Å². The Morgan fingerprint density at radius 2 is 2.03 bits per heavy atom. The number of hydrogen-bond donors (Lipinski definition) is 3. The van der Waals surface area contributed by atoms with E-state index >= 15 is 0 Å². The summed E-state index contributed by atoms with van der Waals surface area (Å²) in [5.74, 6) is -0.518. The average Bonchev–Trinajstić information content (AvgIpc) is 3.43. The predicted octanol–water partition coefficient (Wildman–Crippen LogP) is 1.19. The molecule has 0 aliphatic carbocycles. The second-order valence-electron chi connectivity index (χ2n) is 7.94. The van der Waals surface area contributed by atoms with Gasteiger partial charge in [0.2, 0.25) is 11.8 Å². The van der Waals surface area contributed by atoms with Crippen molar-refractivity contribution in [1.82, 2.24) is 20.9 Å². The number of rotatable bonds is 7. The molecule has 9 heteroatoms. The van der Waals surface area contributed by atoms with E-state index in [-0.39, 0.29) is 47.4 Å². The van der Waals surface area contributed by atoms with Gasteiger partial charge < -0.3 is 20.4 Å². The fourth-order valence-corrected chi connectivity index (χ4v) is 4.20. The average molecular weight is 428 g/mol. The Labute approximate surface area is 179 Å². The molecule has 8 nitrogen and oxygen atoms in total. The minimum absolute atomic E-state index is 0.0183. The van der Waals surface area contributed by atoms with Gasteiger partial charge in [0, 0.05) is 38.1 Å². The minimum Gasteiger partial charge on any atom is -0.459 e. The summed E-state index contributed by atoms with van der Waals surface area (Å²) in [6.07, 6.45) is 2.86. The first-order valence-corrected chi connectivity index (χ1v) is 10.4. The molecule has 4 rings (SSSR count). The SMILES string of the molecule is O=C(CC[C@@H]1CNC(=O)[C@@H]2C[C@@H](NC(=O)c3ccco3)CN12)NCc1ccc(F)cc1. The topological polar surface area (TPSA) is 104 Å². The van der Waals surface area contributed by atoms with Crippen molar-refractivity contribution in [2.75, 3.05) is 13.1 Å². The molecule has 0 bridgehead atoms. The monoisotopic (exact) mass is 428 g/mol. The number of fused-ring (bicyclic) bond motifs is 1. The number of amides is 3. The van der Waals surface area contributed by atoms with Crippen molar-refractivity contribution in [2.24, 2.45) is 0 Å². The molecule has 31 heavy (non-hydrogen) atoms. The molecule has 3 atom stereocenters. The van der Waals surface area contributed by atoms with E-state index in [1.165, 1.54) is 18.4 Å². The van der Waals surface area contributed by atoms with Crippen molar-refractivity contribution in [2.45, 2.75) is 43.9 Å². The van der Waals surface area contributed by atoms with Crippen LogP contribution in [0.25, 0.3) is 0 Å². The number of carbonyl (C=O) groups excluding carboxylic acids is 3. The summed E-state index contributed by atoms with van der Waals surface area (Å²) in [4.78, 5) is 38.9. The Morgan fingerprint density at radius 3 is 2.77 bits per heavy atom. The number of halogens is 1. The third-order valence-corrected chi connectivity index (χ3v) is 5.81. The van der Waals surface area contributed by atoms with E-state index in [4.69, 9.17) is 4.42 Å². The van der Waals surface area contributed by atoms with Crippen LogP contribution in [0.5, 0.6) is 0 Å². The molecule has 3 N–H and O–H groups in total. The molecule has 0 radical (unpaired) electrons. The van der Waals surface area contributed by atoms with E-state index < -0.39 is 0 Å². The zero-order valence-corrected chi connectivity index (χ0v) is 17.0. The van der Waals surface area contributed by atoms with Crippen molar-refractivity contribution in [1.29, 1.82) is 0 Å². The van der Waals surface area contributed by atoms with Gasteiger partial charge in [-0.1, -0.05) is 12.1 Å². The minimum atomic E-state index is -0.317. The lowest BCUT2D eigenvalue weighted by molar-refractivity contribution is -0.129. The lowest BCUT2D eigenvalue weighted by Gasteiger charge is -2.37. The van der Waals surface area contributed by atoms with Crippen LogP contribution in [0.2, 0.25) is 0 Å². The van der Waals surface area contributed by atoms with Crippen LogP contribution in [0.4, 0.5) is 4.39 Å². The molecule has 0 unspecified atom stereocenters. The summed E-state index contributed by atoms with van der Waals surface area (Å²) in [7, 11) is 0. The summed E-state index contributed by atoms with van der Waals surface area (Å²) in [6.45, 7) is 1.36. The molecule has 2 aromatic rings. The van der Waals surface area contributed by atoms with Gasteiger partial charge in [0.05, 0.1) is 12.3 Å². The quantitative estimate of drug-likeness (QED) is 0.615.